The van der Waals surface area contributed by atoms with Gasteiger partial charge < -0.3 is 14.9 Å². The lowest BCUT2D eigenvalue weighted by atomic mass is 9.79. The smallest absolute Gasteiger partial charge is 0.308 e. The Kier molecular flexibility index (Phi) is 2.96. The fourth-order valence-corrected chi connectivity index (χ4v) is 1.71. The van der Waals surface area contributed by atoms with Crippen LogP contribution in [0.2, 0.25) is 0 Å². The molecule has 1 saturated carbocycles. The SMILES string of the molecule is O=C(O)C1CCC1NCCc1ncon1. The van der Waals surface area contributed by atoms with E-state index in [1.807, 2.05) is 0 Å². The largest absolute Gasteiger partial charge is 0.481 e. The summed E-state index contributed by atoms with van der Waals surface area (Å²) in [7, 11) is 0. The minimum absolute atomic E-state index is 0.106. The molecule has 1 aromatic rings. The van der Waals surface area contributed by atoms with Gasteiger partial charge >= 0.3 is 5.97 Å². The summed E-state index contributed by atoms with van der Waals surface area (Å²) >= 11 is 0. The van der Waals surface area contributed by atoms with Gasteiger partial charge in [0.2, 0.25) is 6.39 Å². The van der Waals surface area contributed by atoms with Crippen LogP contribution in [0.5, 0.6) is 0 Å². The predicted molar refractivity (Wildman–Crippen MR) is 50.2 cm³/mol. The maximum Gasteiger partial charge on any atom is 0.308 e. The van der Waals surface area contributed by atoms with E-state index in [1.165, 1.54) is 6.39 Å². The van der Waals surface area contributed by atoms with E-state index in [4.69, 9.17) is 5.11 Å². The maximum absolute atomic E-state index is 10.7. The van der Waals surface area contributed by atoms with Crippen molar-refractivity contribution >= 4 is 5.97 Å². The molecule has 1 aliphatic carbocycles. The van der Waals surface area contributed by atoms with Crippen LogP contribution in [-0.4, -0.2) is 33.8 Å². The van der Waals surface area contributed by atoms with Crippen LogP contribution in [-0.2, 0) is 11.2 Å². The summed E-state index contributed by atoms with van der Waals surface area (Å²) in [5.74, 6) is -0.290. The topological polar surface area (TPSA) is 88.2 Å². The Balaban J connectivity index is 1.68. The van der Waals surface area contributed by atoms with E-state index >= 15 is 0 Å². The van der Waals surface area contributed by atoms with Crippen molar-refractivity contribution in [2.24, 2.45) is 5.92 Å². The average Bonchev–Trinajstić information content (AvgIpc) is 2.61. The molecule has 2 unspecified atom stereocenters. The van der Waals surface area contributed by atoms with Gasteiger partial charge in [0.1, 0.15) is 0 Å². The molecule has 1 heterocycles. The van der Waals surface area contributed by atoms with Crippen LogP contribution in [0.15, 0.2) is 10.9 Å². The Morgan fingerprint density at radius 2 is 2.53 bits per heavy atom. The lowest BCUT2D eigenvalue weighted by molar-refractivity contribution is -0.146. The van der Waals surface area contributed by atoms with Crippen LogP contribution in [0.4, 0.5) is 0 Å². The van der Waals surface area contributed by atoms with Crippen LogP contribution < -0.4 is 5.32 Å². The van der Waals surface area contributed by atoms with Crippen molar-refractivity contribution in [2.75, 3.05) is 6.54 Å². The first-order valence-electron chi connectivity index (χ1n) is 4.99. The number of nitrogens with zero attached hydrogens (tertiary/aromatic N) is 2. The highest BCUT2D eigenvalue weighted by molar-refractivity contribution is 5.72. The number of nitrogens with one attached hydrogen (secondary N) is 1. The van der Waals surface area contributed by atoms with Gasteiger partial charge in [0.25, 0.3) is 0 Å². The van der Waals surface area contributed by atoms with E-state index in [0.717, 1.165) is 12.8 Å². The van der Waals surface area contributed by atoms with Crippen LogP contribution in [0.25, 0.3) is 0 Å². The highest BCUT2D eigenvalue weighted by Gasteiger charge is 2.35. The van der Waals surface area contributed by atoms with E-state index in [2.05, 4.69) is 20.0 Å². The van der Waals surface area contributed by atoms with Gasteiger partial charge in [-0.05, 0) is 12.8 Å². The van der Waals surface area contributed by atoms with E-state index in [-0.39, 0.29) is 12.0 Å². The van der Waals surface area contributed by atoms with E-state index in [1.54, 1.807) is 0 Å². The normalized spacial score (nSPS) is 24.8. The van der Waals surface area contributed by atoms with Gasteiger partial charge in [0, 0.05) is 19.0 Å². The molecule has 0 bridgehead atoms. The Morgan fingerprint density at radius 3 is 3.07 bits per heavy atom. The summed E-state index contributed by atoms with van der Waals surface area (Å²) in [6.45, 7) is 0.688. The number of hydrogen-bond acceptors (Lipinski definition) is 5. The third-order valence-electron chi connectivity index (χ3n) is 2.75. The molecule has 6 heteroatoms. The Labute approximate surface area is 86.7 Å². The van der Waals surface area contributed by atoms with Crippen molar-refractivity contribution in [1.82, 2.24) is 15.5 Å². The summed E-state index contributed by atoms with van der Waals surface area (Å²) in [5.41, 5.74) is 0. The standard InChI is InChI=1S/C9H13N3O3/c13-9(14)6-1-2-7(6)10-4-3-8-11-5-15-12-8/h5-7,10H,1-4H2,(H,13,14). The Hall–Kier alpha value is -1.43. The summed E-state index contributed by atoms with van der Waals surface area (Å²) < 4.78 is 4.59. The van der Waals surface area contributed by atoms with Crippen LogP contribution in [0.3, 0.4) is 0 Å². The number of hydrogen-bond donors (Lipinski definition) is 2. The fourth-order valence-electron chi connectivity index (χ4n) is 1.71. The third kappa shape index (κ3) is 2.33. The summed E-state index contributed by atoms with van der Waals surface area (Å²) in [4.78, 5) is 14.6. The van der Waals surface area contributed by atoms with Gasteiger partial charge in [-0.2, -0.15) is 4.98 Å². The molecule has 0 radical (unpaired) electrons. The quantitative estimate of drug-likeness (QED) is 0.716. The second kappa shape index (κ2) is 4.39. The van der Waals surface area contributed by atoms with Crippen molar-refractivity contribution in [3.8, 4) is 0 Å². The molecule has 0 aromatic carbocycles. The minimum atomic E-state index is -0.710. The van der Waals surface area contributed by atoms with Crippen molar-refractivity contribution in [3.05, 3.63) is 12.2 Å². The zero-order valence-electron chi connectivity index (χ0n) is 8.22. The van der Waals surface area contributed by atoms with Gasteiger partial charge in [-0.1, -0.05) is 5.16 Å². The number of rotatable bonds is 5. The zero-order valence-corrected chi connectivity index (χ0v) is 8.22. The molecule has 2 atom stereocenters. The number of carboxylic acids is 1. The monoisotopic (exact) mass is 211 g/mol. The lowest BCUT2D eigenvalue weighted by Crippen LogP contribution is -2.48. The molecule has 1 aromatic heterocycles. The maximum atomic E-state index is 10.7. The molecule has 15 heavy (non-hydrogen) atoms. The molecule has 1 fully saturated rings. The molecule has 1 aliphatic rings. The van der Waals surface area contributed by atoms with Gasteiger partial charge in [-0.15, -0.1) is 0 Å². The third-order valence-corrected chi connectivity index (χ3v) is 2.75. The molecular formula is C9H13N3O3. The van der Waals surface area contributed by atoms with Crippen LogP contribution >= 0.6 is 0 Å². The number of aromatic nitrogens is 2. The molecule has 0 spiro atoms. The van der Waals surface area contributed by atoms with E-state index < -0.39 is 5.97 Å². The second-order valence-corrected chi connectivity index (χ2v) is 3.68. The van der Waals surface area contributed by atoms with Crippen molar-refractivity contribution in [2.45, 2.75) is 25.3 Å². The highest BCUT2D eigenvalue weighted by Crippen LogP contribution is 2.27. The first kappa shape index (κ1) is 10.1. The van der Waals surface area contributed by atoms with E-state index in [0.29, 0.717) is 18.8 Å². The molecule has 0 saturated heterocycles. The number of carbonyl (C=O) groups is 1. The van der Waals surface area contributed by atoms with Crippen molar-refractivity contribution < 1.29 is 14.4 Å². The molecule has 0 aliphatic heterocycles. The number of carboxylic acid groups (broad SMARTS) is 1. The van der Waals surface area contributed by atoms with Gasteiger partial charge in [0.05, 0.1) is 5.92 Å². The summed E-state index contributed by atoms with van der Waals surface area (Å²) in [5, 5.41) is 15.7. The molecule has 82 valence electrons. The second-order valence-electron chi connectivity index (χ2n) is 3.68. The zero-order chi connectivity index (χ0) is 10.7. The van der Waals surface area contributed by atoms with E-state index in [9.17, 15) is 4.79 Å². The van der Waals surface area contributed by atoms with Crippen LogP contribution in [0, 0.1) is 5.92 Å². The number of aliphatic carboxylic acids is 1. The lowest BCUT2D eigenvalue weighted by Gasteiger charge is -2.34. The fraction of sp³-hybridized carbons (Fsp3) is 0.667. The van der Waals surface area contributed by atoms with Gasteiger partial charge in [0.15, 0.2) is 5.82 Å². The molecule has 2 N–H and O–H groups in total. The molecule has 6 nitrogen and oxygen atoms in total. The first-order valence-corrected chi connectivity index (χ1v) is 4.99. The minimum Gasteiger partial charge on any atom is -0.481 e. The summed E-state index contributed by atoms with van der Waals surface area (Å²) in [6.07, 6.45) is 3.66. The molecule has 2 rings (SSSR count). The molecule has 0 amide bonds. The van der Waals surface area contributed by atoms with Crippen molar-refractivity contribution in [1.29, 1.82) is 0 Å². The predicted octanol–water partition coefficient (Wildman–Crippen LogP) is 0.0649. The first-order chi connectivity index (χ1) is 7.27. The van der Waals surface area contributed by atoms with Gasteiger partial charge in [-0.25, -0.2) is 0 Å². The van der Waals surface area contributed by atoms with Crippen LogP contribution in [0.1, 0.15) is 18.7 Å². The summed E-state index contributed by atoms with van der Waals surface area (Å²) in [6, 6.07) is 0.106. The Morgan fingerprint density at radius 1 is 1.67 bits per heavy atom. The average molecular weight is 211 g/mol. The highest BCUT2D eigenvalue weighted by atomic mass is 16.5. The van der Waals surface area contributed by atoms with Crippen molar-refractivity contribution in [3.63, 3.8) is 0 Å². The Bertz CT molecular complexity index is 325. The van der Waals surface area contributed by atoms with Gasteiger partial charge in [-0.3, -0.25) is 4.79 Å². The molecular weight excluding hydrogens is 198 g/mol.